The smallest absolute Gasteiger partial charge is 0.220 e. The van der Waals surface area contributed by atoms with Gasteiger partial charge in [-0.15, -0.1) is 24.8 Å². The largest absolute Gasteiger partial charge is 0.370 e. The fraction of sp³-hybridized carbons (Fsp3) is 0.690. The third kappa shape index (κ3) is 38.3. The number of hydrogen-bond acceptors (Lipinski definition) is 8. The van der Waals surface area contributed by atoms with Crippen molar-refractivity contribution in [2.45, 2.75) is 118 Å². The molecule has 9 nitrogen and oxygen atoms in total. The van der Waals surface area contributed by atoms with E-state index in [9.17, 15) is 24.0 Å². The molecule has 0 rings (SSSR count). The Kier molecular flexibility index (Phi) is 45.8. The molecule has 0 bridgehead atoms. The summed E-state index contributed by atoms with van der Waals surface area (Å²) in [5.74, 6) is -1.09. The maximum atomic E-state index is 12.2. The number of nitrogens with two attached hydrogens (primary N) is 2. The first kappa shape index (κ1) is 53.9. The van der Waals surface area contributed by atoms with Crippen LogP contribution in [0.15, 0.2) is 25.3 Å². The van der Waals surface area contributed by atoms with Crippen LogP contribution in [0.5, 0.6) is 0 Å². The van der Waals surface area contributed by atoms with Crippen molar-refractivity contribution in [3.63, 3.8) is 0 Å². The number of carbonyl (C=O) groups excluding carboxylic acids is 5. The van der Waals surface area contributed by atoms with Gasteiger partial charge in [-0.1, -0.05) is 54.2 Å². The summed E-state index contributed by atoms with van der Waals surface area (Å²) >= 11 is 14.4. The Bertz CT molecular complexity index is 888. The second-order valence-corrected chi connectivity index (χ2v) is 13.5. The number of allylic oxidation sites excluding steroid dienone is 2. The molecule has 14 heteroatoms. The Balaban J connectivity index is -0.000000137. The number of Topliss-reactive ketones (excluding diaryl/α,β-unsaturated/α-hetero) is 2. The third-order valence-corrected chi connectivity index (χ3v) is 8.09. The number of primary amides is 2. The molecule has 0 aromatic heterocycles. The quantitative estimate of drug-likeness (QED) is 0.0938. The van der Waals surface area contributed by atoms with Crippen LogP contribution in [0.1, 0.15) is 106 Å². The molecular weight excluding hydrogens is 648 g/mol. The molecule has 0 fully saturated rings. The number of halogens is 1. The van der Waals surface area contributed by atoms with Crippen molar-refractivity contribution in [1.82, 2.24) is 11.5 Å². The van der Waals surface area contributed by atoms with Crippen molar-refractivity contribution in [3.05, 3.63) is 25.3 Å². The van der Waals surface area contributed by atoms with Gasteiger partial charge in [0, 0.05) is 65.8 Å². The van der Waals surface area contributed by atoms with Crippen molar-refractivity contribution >= 4 is 81.0 Å². The predicted octanol–water partition coefficient (Wildman–Crippen LogP) is 5.55. The van der Waals surface area contributed by atoms with Crippen LogP contribution in [0.4, 0.5) is 0 Å². The predicted molar refractivity (Wildman–Crippen MR) is 193 cm³/mol. The van der Waals surface area contributed by atoms with Crippen molar-refractivity contribution in [1.29, 1.82) is 0 Å². The highest BCUT2D eigenvalue weighted by Gasteiger charge is 2.24. The molecule has 0 heterocycles. The average Bonchev–Trinajstić information content (AvgIpc) is 2.88. The van der Waals surface area contributed by atoms with Crippen molar-refractivity contribution < 1.29 is 24.0 Å². The van der Waals surface area contributed by atoms with Gasteiger partial charge in [0.2, 0.25) is 17.7 Å². The minimum atomic E-state index is -0.793. The highest BCUT2D eigenvalue weighted by molar-refractivity contribution is 8.51. The van der Waals surface area contributed by atoms with Crippen molar-refractivity contribution in [2.24, 2.45) is 23.3 Å². The fourth-order valence-electron chi connectivity index (χ4n) is 3.31. The first-order chi connectivity index (χ1) is 18.8. The van der Waals surface area contributed by atoms with Crippen LogP contribution in [0, 0.1) is 11.8 Å². The summed E-state index contributed by atoms with van der Waals surface area (Å²) in [6.45, 7) is 13.2. The molecule has 0 aromatic carbocycles. The zero-order valence-electron chi connectivity index (χ0n) is 24.6. The maximum Gasteiger partial charge on any atom is 0.220 e. The molecule has 0 saturated carbocycles. The molecule has 4 atom stereocenters. The number of unbranched alkanes of at least 4 members (excludes halogenated alkanes) is 1. The van der Waals surface area contributed by atoms with E-state index in [4.69, 9.17) is 23.1 Å². The molecule has 43 heavy (non-hydrogen) atoms. The standard InChI is InChI=1S/C16H28N2O3.C11H18ClNO2.2CH4.H3N.S4/c1-4-6-8-12(3)10-14(19)13(11-15(17)20)18-16(21)9-7-5-2;1-3-4-5-8(2)6-10(14)9(12)7-11(13)15;;;;1-3-4-2/h4,12-13H,1,5-11H2,2-3H3,(H2,17,20)(H,18,21);3,8-9H,1,4-7H2,2H3,(H2,13,15);2*1H4;1H3;/t12-,13+;8-,9+;;;;/m00..../s1. The first-order valence-electron chi connectivity index (χ1n) is 13.1. The Hall–Kier alpha value is -1.64. The molecule has 8 N–H and O–H groups in total. The zero-order valence-corrected chi connectivity index (χ0v) is 28.6. The van der Waals surface area contributed by atoms with Crippen LogP contribution >= 0.6 is 11.6 Å². The molecule has 0 saturated heterocycles. The highest BCUT2D eigenvalue weighted by Crippen LogP contribution is 2.16. The Morgan fingerprint density at radius 3 is 1.60 bits per heavy atom. The lowest BCUT2D eigenvalue weighted by molar-refractivity contribution is -0.130. The van der Waals surface area contributed by atoms with Crippen LogP contribution in [0.25, 0.3) is 0 Å². The summed E-state index contributed by atoms with van der Waals surface area (Å²) in [5.41, 5.74) is 10.1. The van der Waals surface area contributed by atoms with E-state index in [0.717, 1.165) is 38.5 Å². The SMILES string of the molecule is C.C.C=CCC[C@H](C)CC(=O)[C@@H](CC(N)=O)NC(=O)CCCC.C=CCC[C@H](C)CC(=O)[C@H](Cl)CC(N)=O.N.S=S=S=S. The van der Waals surface area contributed by atoms with E-state index in [1.54, 1.807) is 0 Å². The molecule has 254 valence electrons. The van der Waals surface area contributed by atoms with E-state index in [0.29, 0.717) is 19.3 Å². The van der Waals surface area contributed by atoms with Gasteiger partial charge in [-0.25, -0.2) is 0 Å². The highest BCUT2D eigenvalue weighted by atomic mass is 35.5. The summed E-state index contributed by atoms with van der Waals surface area (Å²) in [6, 6.07) is -0.793. The normalized spacial score (nSPS) is 11.9. The summed E-state index contributed by atoms with van der Waals surface area (Å²) in [7, 11) is 2.34. The molecule has 0 aliphatic rings. The summed E-state index contributed by atoms with van der Waals surface area (Å²) in [5, 5.41) is 1.87. The number of nitrogens with one attached hydrogen (secondary N) is 1. The van der Waals surface area contributed by atoms with E-state index in [2.05, 4.69) is 40.9 Å². The van der Waals surface area contributed by atoms with E-state index < -0.39 is 23.2 Å². The van der Waals surface area contributed by atoms with E-state index in [-0.39, 0.29) is 63.2 Å². The number of alkyl halides is 1. The second-order valence-electron chi connectivity index (χ2n) is 9.45. The summed E-state index contributed by atoms with van der Waals surface area (Å²) < 4.78 is 0. The molecule has 0 radical (unpaired) electrons. The van der Waals surface area contributed by atoms with Gasteiger partial charge in [0.05, 0.1) is 12.5 Å². The Morgan fingerprint density at radius 2 is 1.26 bits per heavy atom. The molecule has 0 aliphatic carbocycles. The van der Waals surface area contributed by atoms with Gasteiger partial charge in [-0.05, 0) is 43.9 Å². The van der Waals surface area contributed by atoms with Gasteiger partial charge in [-0.2, -0.15) is 0 Å². The lowest BCUT2D eigenvalue weighted by Gasteiger charge is -2.18. The number of ketones is 2. The molecular formula is C29H57ClN4O5S4. The Labute approximate surface area is 281 Å². The lowest BCUT2D eigenvalue weighted by atomic mass is 9.94. The minimum absolute atomic E-state index is 0. The number of hydrogen-bond donors (Lipinski definition) is 4. The fourth-order valence-corrected chi connectivity index (χ4v) is 3.55. The van der Waals surface area contributed by atoms with Gasteiger partial charge in [-0.3, -0.25) is 24.0 Å². The van der Waals surface area contributed by atoms with Gasteiger partial charge in [0.25, 0.3) is 0 Å². The summed E-state index contributed by atoms with van der Waals surface area (Å²) in [4.78, 5) is 57.0. The molecule has 0 aliphatic heterocycles. The van der Waals surface area contributed by atoms with Gasteiger partial charge < -0.3 is 22.9 Å². The van der Waals surface area contributed by atoms with Crippen molar-refractivity contribution in [3.8, 4) is 0 Å². The van der Waals surface area contributed by atoms with E-state index in [1.807, 2.05) is 32.9 Å². The minimum Gasteiger partial charge on any atom is -0.370 e. The molecule has 0 unspecified atom stereocenters. The van der Waals surface area contributed by atoms with Crippen LogP contribution < -0.4 is 22.9 Å². The number of rotatable bonds is 20. The molecule has 0 spiro atoms. The van der Waals surface area contributed by atoms with Crippen molar-refractivity contribution in [2.75, 3.05) is 0 Å². The van der Waals surface area contributed by atoms with E-state index in [1.165, 1.54) is 17.8 Å². The zero-order chi connectivity index (χ0) is 31.5. The number of carbonyl (C=O) groups is 5. The van der Waals surface area contributed by atoms with Gasteiger partial charge in [0.15, 0.2) is 11.6 Å². The Morgan fingerprint density at radius 1 is 0.837 bits per heavy atom. The first-order valence-corrected chi connectivity index (χ1v) is 17.6. The van der Waals surface area contributed by atoms with Crippen LogP contribution in [0.2, 0.25) is 0 Å². The molecule has 3 amide bonds. The topological polar surface area (TPSA) is 184 Å². The lowest BCUT2D eigenvalue weighted by Crippen LogP contribution is -2.43. The van der Waals surface area contributed by atoms with E-state index >= 15 is 0 Å². The third-order valence-electron chi connectivity index (χ3n) is 5.47. The molecule has 0 aromatic rings. The van der Waals surface area contributed by atoms with Crippen LogP contribution in [0.3, 0.4) is 0 Å². The van der Waals surface area contributed by atoms with Crippen LogP contribution in [-0.4, -0.2) is 40.7 Å². The average molecular weight is 706 g/mol. The van der Waals surface area contributed by atoms with Crippen LogP contribution in [-0.2, 0) is 64.1 Å². The summed E-state index contributed by atoms with van der Waals surface area (Å²) in [6.07, 6.45) is 9.70. The monoisotopic (exact) mass is 704 g/mol. The number of amides is 3. The van der Waals surface area contributed by atoms with Gasteiger partial charge >= 0.3 is 0 Å². The second kappa shape index (κ2) is 36.6. The van der Waals surface area contributed by atoms with Gasteiger partial charge in [0.1, 0.15) is 5.38 Å². The maximum absolute atomic E-state index is 12.2.